The maximum atomic E-state index is 13.0. The van der Waals surface area contributed by atoms with Crippen LogP contribution in [-0.4, -0.2) is 44.8 Å². The van der Waals surface area contributed by atoms with Gasteiger partial charge in [0, 0.05) is 34.4 Å². The highest BCUT2D eigenvalue weighted by Crippen LogP contribution is 2.29. The number of anilines is 1. The second-order valence-electron chi connectivity index (χ2n) is 7.61. The maximum absolute atomic E-state index is 13.0. The molecule has 1 heterocycles. The smallest absolute Gasteiger partial charge is 0.338 e. The molecule has 0 unspecified atom stereocenters. The monoisotopic (exact) mass is 498 g/mol. The van der Waals surface area contributed by atoms with Gasteiger partial charge in [-0.15, -0.1) is 0 Å². The Kier molecular flexibility index (Phi) is 7.82. The molecule has 7 nitrogen and oxygen atoms in total. The third kappa shape index (κ3) is 5.43. The van der Waals surface area contributed by atoms with E-state index in [9.17, 15) is 18.0 Å². The van der Waals surface area contributed by atoms with E-state index < -0.39 is 21.9 Å². The average Bonchev–Trinajstić information content (AvgIpc) is 2.77. The lowest BCUT2D eigenvalue weighted by Crippen LogP contribution is -2.44. The minimum Gasteiger partial charge on any atom is -0.465 e. The molecule has 0 bridgehead atoms. The maximum Gasteiger partial charge on any atom is 0.338 e. The van der Waals surface area contributed by atoms with Crippen molar-refractivity contribution in [2.75, 3.05) is 25.5 Å². The second kappa shape index (κ2) is 10.2. The van der Waals surface area contributed by atoms with Crippen LogP contribution in [0, 0.1) is 12.8 Å². The lowest BCUT2D eigenvalue weighted by molar-refractivity contribution is -0.120. The highest BCUT2D eigenvalue weighted by molar-refractivity contribution is 7.88. The van der Waals surface area contributed by atoms with Crippen molar-refractivity contribution in [3.63, 3.8) is 0 Å². The Hall–Kier alpha value is -2.13. The molecule has 2 aromatic rings. The van der Waals surface area contributed by atoms with Gasteiger partial charge in [-0.2, -0.15) is 0 Å². The topological polar surface area (TPSA) is 92.8 Å². The molecular formula is C22H24Cl2N2O5S. The highest BCUT2D eigenvalue weighted by Gasteiger charge is 2.33. The third-order valence-corrected chi connectivity index (χ3v) is 8.01. The Balaban J connectivity index is 1.73. The summed E-state index contributed by atoms with van der Waals surface area (Å²) < 4.78 is 32.1. The van der Waals surface area contributed by atoms with Crippen LogP contribution in [0.4, 0.5) is 5.69 Å². The van der Waals surface area contributed by atoms with Gasteiger partial charge in [0.2, 0.25) is 15.9 Å². The molecule has 1 aliphatic heterocycles. The van der Waals surface area contributed by atoms with E-state index in [0.717, 1.165) is 0 Å². The Morgan fingerprint density at radius 3 is 2.47 bits per heavy atom. The van der Waals surface area contributed by atoms with E-state index in [1.165, 1.54) is 11.4 Å². The van der Waals surface area contributed by atoms with E-state index in [4.69, 9.17) is 27.9 Å². The van der Waals surface area contributed by atoms with Crippen LogP contribution in [0.25, 0.3) is 0 Å². The molecule has 172 valence electrons. The molecule has 1 atom stereocenters. The van der Waals surface area contributed by atoms with Gasteiger partial charge in [0.15, 0.2) is 0 Å². The van der Waals surface area contributed by atoms with E-state index in [1.807, 2.05) is 0 Å². The van der Waals surface area contributed by atoms with Crippen LogP contribution in [0.15, 0.2) is 36.4 Å². The van der Waals surface area contributed by atoms with E-state index in [-0.39, 0.29) is 28.3 Å². The average molecular weight is 499 g/mol. The summed E-state index contributed by atoms with van der Waals surface area (Å²) in [5.41, 5.74) is 1.77. The summed E-state index contributed by atoms with van der Waals surface area (Å²) in [5.74, 6) is -1.65. The normalized spacial score (nSPS) is 17.1. The van der Waals surface area contributed by atoms with Gasteiger partial charge in [-0.1, -0.05) is 35.3 Å². The van der Waals surface area contributed by atoms with Crippen molar-refractivity contribution in [3.8, 4) is 0 Å². The lowest BCUT2D eigenvalue weighted by atomic mass is 9.98. The fraction of sp³-hybridized carbons (Fsp3) is 0.364. The molecule has 0 saturated carbocycles. The molecule has 3 rings (SSSR count). The molecule has 0 radical (unpaired) electrons. The van der Waals surface area contributed by atoms with Gasteiger partial charge in [0.05, 0.1) is 24.3 Å². The molecule has 1 aliphatic rings. The van der Waals surface area contributed by atoms with Crippen LogP contribution >= 0.6 is 23.2 Å². The van der Waals surface area contributed by atoms with Crippen molar-refractivity contribution in [1.29, 1.82) is 0 Å². The zero-order valence-corrected chi connectivity index (χ0v) is 20.1. The zero-order valence-electron chi connectivity index (χ0n) is 17.7. The number of sulfonamides is 1. The molecule has 0 aliphatic carbocycles. The quantitative estimate of drug-likeness (QED) is 0.600. The summed E-state index contributed by atoms with van der Waals surface area (Å²) in [4.78, 5) is 24.8. The molecule has 1 fully saturated rings. The van der Waals surface area contributed by atoms with Gasteiger partial charge in [0.1, 0.15) is 0 Å². The van der Waals surface area contributed by atoms with Gasteiger partial charge in [-0.3, -0.25) is 4.79 Å². The number of rotatable bonds is 6. The Morgan fingerprint density at radius 1 is 1.16 bits per heavy atom. The standard InChI is InChI=1S/C22H24Cl2N2O5S/c1-14-16(22(28)31-2)7-3-10-20(14)25-21(27)15-6-5-11-26(12-15)32(29,30)13-17-18(23)8-4-9-19(17)24/h3-4,7-10,15H,5-6,11-13H2,1-2H3,(H,25,27)/t15-/m1/s1. The van der Waals surface area contributed by atoms with Gasteiger partial charge < -0.3 is 10.1 Å². The van der Waals surface area contributed by atoms with Gasteiger partial charge in [-0.05, 0) is 49.6 Å². The molecule has 10 heteroatoms. The summed E-state index contributed by atoms with van der Waals surface area (Å²) in [6, 6.07) is 9.80. The third-order valence-electron chi connectivity index (χ3n) is 5.53. The first-order valence-corrected chi connectivity index (χ1v) is 12.4. The number of carbonyl (C=O) groups is 2. The van der Waals surface area contributed by atoms with Crippen LogP contribution in [0.1, 0.15) is 34.3 Å². The molecular weight excluding hydrogens is 475 g/mol. The number of carbonyl (C=O) groups excluding carboxylic acids is 2. The summed E-state index contributed by atoms with van der Waals surface area (Å²) in [7, 11) is -2.44. The largest absolute Gasteiger partial charge is 0.465 e. The predicted molar refractivity (Wildman–Crippen MR) is 125 cm³/mol. The number of hydrogen-bond acceptors (Lipinski definition) is 5. The first kappa shape index (κ1) is 24.5. The molecule has 2 aromatic carbocycles. The predicted octanol–water partition coefficient (Wildman–Crippen LogP) is 4.27. The summed E-state index contributed by atoms with van der Waals surface area (Å²) in [6.45, 7) is 2.10. The van der Waals surface area contributed by atoms with Crippen molar-refractivity contribution in [2.24, 2.45) is 5.92 Å². The van der Waals surface area contributed by atoms with E-state index >= 15 is 0 Å². The van der Waals surface area contributed by atoms with Crippen LogP contribution in [0.3, 0.4) is 0 Å². The zero-order chi connectivity index (χ0) is 23.5. The molecule has 1 saturated heterocycles. The fourth-order valence-electron chi connectivity index (χ4n) is 3.69. The van der Waals surface area contributed by atoms with E-state index in [0.29, 0.717) is 41.8 Å². The number of piperidine rings is 1. The number of amides is 1. The molecule has 0 aromatic heterocycles. The Bertz CT molecular complexity index is 1120. The van der Waals surface area contributed by atoms with Crippen LogP contribution in [0.2, 0.25) is 10.0 Å². The second-order valence-corrected chi connectivity index (χ2v) is 10.4. The number of nitrogens with one attached hydrogen (secondary N) is 1. The SMILES string of the molecule is COC(=O)c1cccc(NC(=O)[C@@H]2CCCN(S(=O)(=O)Cc3c(Cl)cccc3Cl)C2)c1C. The Labute approximate surface area is 197 Å². The van der Waals surface area contributed by atoms with Gasteiger partial charge in [-0.25, -0.2) is 17.5 Å². The van der Waals surface area contributed by atoms with E-state index in [1.54, 1.807) is 43.3 Å². The number of benzene rings is 2. The summed E-state index contributed by atoms with van der Waals surface area (Å²) >= 11 is 12.3. The number of ether oxygens (including phenoxy) is 1. The van der Waals surface area contributed by atoms with Crippen LogP contribution < -0.4 is 5.32 Å². The fourth-order valence-corrected chi connectivity index (χ4v) is 6.05. The van der Waals surface area contributed by atoms with Crippen molar-refractivity contribution < 1.29 is 22.7 Å². The van der Waals surface area contributed by atoms with Crippen molar-refractivity contribution >= 4 is 50.8 Å². The minimum absolute atomic E-state index is 0.0615. The molecule has 32 heavy (non-hydrogen) atoms. The van der Waals surface area contributed by atoms with Crippen LogP contribution in [0.5, 0.6) is 0 Å². The number of nitrogens with zero attached hydrogens (tertiary/aromatic N) is 1. The number of esters is 1. The van der Waals surface area contributed by atoms with Crippen LogP contribution in [-0.2, 0) is 25.3 Å². The molecule has 1 amide bonds. The lowest BCUT2D eigenvalue weighted by Gasteiger charge is -2.31. The summed E-state index contributed by atoms with van der Waals surface area (Å²) in [6.07, 6.45) is 1.11. The number of halogens is 2. The Morgan fingerprint density at radius 2 is 1.81 bits per heavy atom. The van der Waals surface area contributed by atoms with E-state index in [2.05, 4.69) is 5.32 Å². The van der Waals surface area contributed by atoms with Crippen molar-refractivity contribution in [3.05, 3.63) is 63.1 Å². The molecule has 0 spiro atoms. The van der Waals surface area contributed by atoms with Crippen molar-refractivity contribution in [2.45, 2.75) is 25.5 Å². The van der Waals surface area contributed by atoms with Gasteiger partial charge >= 0.3 is 5.97 Å². The van der Waals surface area contributed by atoms with Crippen molar-refractivity contribution in [1.82, 2.24) is 4.31 Å². The number of methoxy groups -OCH3 is 1. The first-order valence-electron chi connectivity index (χ1n) is 10.0. The first-order chi connectivity index (χ1) is 15.1. The highest BCUT2D eigenvalue weighted by atomic mass is 35.5. The number of hydrogen-bond donors (Lipinski definition) is 1. The molecule has 1 N–H and O–H groups in total. The summed E-state index contributed by atoms with van der Waals surface area (Å²) in [5, 5.41) is 3.40. The minimum atomic E-state index is -3.73. The van der Waals surface area contributed by atoms with Gasteiger partial charge in [0.25, 0.3) is 0 Å².